The van der Waals surface area contributed by atoms with Gasteiger partial charge in [0, 0.05) is 7.11 Å². The van der Waals surface area contributed by atoms with Crippen molar-refractivity contribution in [2.24, 2.45) is 5.73 Å². The quantitative estimate of drug-likeness (QED) is 0.529. The van der Waals surface area contributed by atoms with E-state index in [1.54, 1.807) is 7.11 Å². The Balaban J connectivity index is 2.36. The van der Waals surface area contributed by atoms with Gasteiger partial charge in [-0.3, -0.25) is 0 Å². The summed E-state index contributed by atoms with van der Waals surface area (Å²) in [6, 6.07) is -0.0952. The van der Waals surface area contributed by atoms with E-state index in [0.717, 1.165) is 0 Å². The zero-order valence-electron chi connectivity index (χ0n) is 5.99. The van der Waals surface area contributed by atoms with Gasteiger partial charge in [0.15, 0.2) is 6.29 Å². The Kier molecular flexibility index (Phi) is 2.62. The Morgan fingerprint density at radius 3 is 2.80 bits per heavy atom. The number of rotatable bonds is 2. The van der Waals surface area contributed by atoms with E-state index in [4.69, 9.17) is 20.3 Å². The Morgan fingerprint density at radius 2 is 2.50 bits per heavy atom. The normalized spacial score (nSPS) is 40.5. The number of nitrogens with two attached hydrogens (primary N) is 1. The Morgan fingerprint density at radius 1 is 1.80 bits per heavy atom. The molecule has 0 amide bonds. The van der Waals surface area contributed by atoms with Gasteiger partial charge in [0.05, 0.1) is 18.8 Å². The van der Waals surface area contributed by atoms with E-state index >= 15 is 0 Å². The van der Waals surface area contributed by atoms with Gasteiger partial charge < -0.3 is 20.3 Å². The summed E-state index contributed by atoms with van der Waals surface area (Å²) in [5, 5.41) is 8.66. The van der Waals surface area contributed by atoms with Crippen LogP contribution < -0.4 is 5.73 Å². The molecular formula is C6H13NO3. The number of aliphatic hydroxyl groups excluding tert-OH is 1. The van der Waals surface area contributed by atoms with Crippen molar-refractivity contribution < 1.29 is 14.6 Å². The molecule has 0 aromatic heterocycles. The molecule has 4 nitrogen and oxygen atoms in total. The van der Waals surface area contributed by atoms with Crippen LogP contribution >= 0.6 is 0 Å². The summed E-state index contributed by atoms with van der Waals surface area (Å²) in [6.07, 6.45) is 0.201. The zero-order valence-corrected chi connectivity index (χ0v) is 5.99. The van der Waals surface area contributed by atoms with E-state index < -0.39 is 0 Å². The van der Waals surface area contributed by atoms with Gasteiger partial charge >= 0.3 is 0 Å². The number of hydrogen-bond donors (Lipinski definition) is 2. The molecule has 1 saturated heterocycles. The highest BCUT2D eigenvalue weighted by Crippen LogP contribution is 2.18. The molecule has 0 spiro atoms. The van der Waals surface area contributed by atoms with E-state index in [1.165, 1.54) is 0 Å². The van der Waals surface area contributed by atoms with Crippen molar-refractivity contribution in [1.82, 2.24) is 0 Å². The van der Waals surface area contributed by atoms with Crippen LogP contribution in [0.3, 0.4) is 0 Å². The Labute approximate surface area is 59.9 Å². The summed E-state index contributed by atoms with van der Waals surface area (Å²) in [7, 11) is 1.55. The first-order chi connectivity index (χ1) is 4.77. The third kappa shape index (κ3) is 1.46. The van der Waals surface area contributed by atoms with Crippen molar-refractivity contribution in [3.8, 4) is 0 Å². The van der Waals surface area contributed by atoms with E-state index in [-0.39, 0.29) is 25.0 Å². The number of aliphatic hydroxyl groups is 1. The van der Waals surface area contributed by atoms with Crippen LogP contribution in [-0.2, 0) is 9.47 Å². The maximum atomic E-state index is 8.66. The van der Waals surface area contributed by atoms with Gasteiger partial charge in [-0.05, 0) is 6.42 Å². The number of ether oxygens (including phenoxy) is 2. The van der Waals surface area contributed by atoms with Gasteiger partial charge in [-0.25, -0.2) is 0 Å². The summed E-state index contributed by atoms with van der Waals surface area (Å²) in [5.41, 5.74) is 5.59. The summed E-state index contributed by atoms with van der Waals surface area (Å²) < 4.78 is 10.1. The van der Waals surface area contributed by atoms with E-state index in [9.17, 15) is 0 Å². The minimum atomic E-state index is -0.336. The van der Waals surface area contributed by atoms with Gasteiger partial charge in [0.25, 0.3) is 0 Å². The lowest BCUT2D eigenvalue weighted by Crippen LogP contribution is -2.31. The molecule has 3 N–H and O–H groups in total. The second kappa shape index (κ2) is 3.30. The van der Waals surface area contributed by atoms with Crippen LogP contribution in [0.4, 0.5) is 0 Å². The molecule has 0 saturated carbocycles. The number of methoxy groups -OCH3 is 1. The Bertz CT molecular complexity index is 109. The SMILES string of the molecule is CO[C@@H]1O[C@H](CO)C[C@H]1N. The average Bonchev–Trinajstić information content (AvgIpc) is 2.30. The lowest BCUT2D eigenvalue weighted by atomic mass is 10.2. The van der Waals surface area contributed by atoms with Gasteiger partial charge in [-0.1, -0.05) is 0 Å². The molecule has 3 atom stereocenters. The monoisotopic (exact) mass is 147 g/mol. The average molecular weight is 147 g/mol. The number of hydrogen-bond acceptors (Lipinski definition) is 4. The molecule has 0 aromatic rings. The van der Waals surface area contributed by atoms with Crippen molar-refractivity contribution in [1.29, 1.82) is 0 Å². The smallest absolute Gasteiger partial charge is 0.172 e. The summed E-state index contributed by atoms with van der Waals surface area (Å²) in [4.78, 5) is 0. The van der Waals surface area contributed by atoms with Crippen LogP contribution in [0.2, 0.25) is 0 Å². The van der Waals surface area contributed by atoms with Crippen molar-refractivity contribution in [2.75, 3.05) is 13.7 Å². The predicted octanol–water partition coefficient (Wildman–Crippen LogP) is -0.933. The van der Waals surface area contributed by atoms with Crippen molar-refractivity contribution >= 4 is 0 Å². The van der Waals surface area contributed by atoms with Gasteiger partial charge in [0.1, 0.15) is 0 Å². The fourth-order valence-electron chi connectivity index (χ4n) is 1.11. The van der Waals surface area contributed by atoms with Crippen molar-refractivity contribution in [3.05, 3.63) is 0 Å². The highest BCUT2D eigenvalue weighted by Gasteiger charge is 2.31. The minimum absolute atomic E-state index is 0.0214. The van der Waals surface area contributed by atoms with Crippen LogP contribution in [0.25, 0.3) is 0 Å². The van der Waals surface area contributed by atoms with E-state index in [1.807, 2.05) is 0 Å². The fraction of sp³-hybridized carbons (Fsp3) is 1.00. The lowest BCUT2D eigenvalue weighted by Gasteiger charge is -2.11. The molecular weight excluding hydrogens is 134 g/mol. The zero-order chi connectivity index (χ0) is 7.56. The van der Waals surface area contributed by atoms with Gasteiger partial charge in [-0.2, -0.15) is 0 Å². The maximum Gasteiger partial charge on any atom is 0.172 e. The van der Waals surface area contributed by atoms with E-state index in [0.29, 0.717) is 6.42 Å². The highest BCUT2D eigenvalue weighted by atomic mass is 16.7. The first kappa shape index (κ1) is 7.94. The predicted molar refractivity (Wildman–Crippen MR) is 35.3 cm³/mol. The molecule has 10 heavy (non-hydrogen) atoms. The molecule has 1 aliphatic rings. The molecule has 1 aliphatic heterocycles. The lowest BCUT2D eigenvalue weighted by molar-refractivity contribution is -0.127. The summed E-state index contributed by atoms with van der Waals surface area (Å²) in [5.74, 6) is 0. The van der Waals surface area contributed by atoms with Crippen LogP contribution in [0.1, 0.15) is 6.42 Å². The first-order valence-electron chi connectivity index (χ1n) is 3.32. The second-order valence-corrected chi connectivity index (χ2v) is 2.44. The molecule has 4 heteroatoms. The van der Waals surface area contributed by atoms with Crippen LogP contribution in [0, 0.1) is 0 Å². The summed E-state index contributed by atoms with van der Waals surface area (Å²) in [6.45, 7) is 0.0214. The molecule has 0 bridgehead atoms. The van der Waals surface area contributed by atoms with Crippen LogP contribution in [-0.4, -0.2) is 37.3 Å². The summed E-state index contributed by atoms with van der Waals surface area (Å²) >= 11 is 0. The van der Waals surface area contributed by atoms with Gasteiger partial charge in [-0.15, -0.1) is 0 Å². The third-order valence-corrected chi connectivity index (χ3v) is 1.65. The second-order valence-electron chi connectivity index (χ2n) is 2.44. The highest BCUT2D eigenvalue weighted by molar-refractivity contribution is 4.79. The molecule has 0 unspecified atom stereocenters. The van der Waals surface area contributed by atoms with Crippen molar-refractivity contribution in [2.45, 2.75) is 24.9 Å². The first-order valence-corrected chi connectivity index (χ1v) is 3.32. The molecule has 0 aliphatic carbocycles. The topological polar surface area (TPSA) is 64.7 Å². The maximum absolute atomic E-state index is 8.66. The van der Waals surface area contributed by atoms with Crippen LogP contribution in [0.5, 0.6) is 0 Å². The third-order valence-electron chi connectivity index (χ3n) is 1.65. The van der Waals surface area contributed by atoms with E-state index in [2.05, 4.69) is 0 Å². The van der Waals surface area contributed by atoms with Crippen LogP contribution in [0.15, 0.2) is 0 Å². The largest absolute Gasteiger partial charge is 0.394 e. The molecule has 0 aromatic carbocycles. The molecule has 1 rings (SSSR count). The van der Waals surface area contributed by atoms with Crippen molar-refractivity contribution in [3.63, 3.8) is 0 Å². The Hall–Kier alpha value is -0.160. The van der Waals surface area contributed by atoms with Gasteiger partial charge in [0.2, 0.25) is 0 Å². The standard InChI is InChI=1S/C6H13NO3/c1-9-6-5(7)2-4(3-8)10-6/h4-6,8H,2-3,7H2,1H3/t4-,5+,6+/m0/s1. The molecule has 0 radical (unpaired) electrons. The minimum Gasteiger partial charge on any atom is -0.394 e. The molecule has 60 valence electrons. The fourth-order valence-corrected chi connectivity index (χ4v) is 1.11. The molecule has 1 fully saturated rings. The molecule has 1 heterocycles.